The van der Waals surface area contributed by atoms with E-state index in [1.54, 1.807) is 26.3 Å². The minimum atomic E-state index is -0.211. The average Bonchev–Trinajstić information content (AvgIpc) is 3.26. The van der Waals surface area contributed by atoms with Crippen LogP contribution >= 0.6 is 0 Å². The first kappa shape index (κ1) is 20.1. The molecule has 1 aliphatic heterocycles. The van der Waals surface area contributed by atoms with E-state index in [4.69, 9.17) is 4.74 Å². The lowest BCUT2D eigenvalue weighted by molar-refractivity contribution is 0.245. The smallest absolute Gasteiger partial charge is 0.191 e. The van der Waals surface area contributed by atoms with Crippen molar-refractivity contribution in [1.82, 2.24) is 15.5 Å². The molecule has 0 radical (unpaired) electrons. The van der Waals surface area contributed by atoms with Crippen molar-refractivity contribution in [3.8, 4) is 5.75 Å². The normalized spacial score (nSPS) is 16.0. The van der Waals surface area contributed by atoms with Crippen molar-refractivity contribution in [1.29, 1.82) is 0 Å². The first-order valence-electron chi connectivity index (χ1n) is 9.77. The number of benzene rings is 2. The van der Waals surface area contributed by atoms with Gasteiger partial charge in [-0.1, -0.05) is 30.3 Å². The first-order valence-corrected chi connectivity index (χ1v) is 9.77. The topological polar surface area (TPSA) is 48.9 Å². The molecule has 1 heterocycles. The third-order valence-corrected chi connectivity index (χ3v) is 5.15. The zero-order valence-corrected chi connectivity index (χ0v) is 16.6. The summed E-state index contributed by atoms with van der Waals surface area (Å²) in [5, 5.41) is 6.61. The molecule has 0 aromatic heterocycles. The van der Waals surface area contributed by atoms with E-state index >= 15 is 0 Å². The Labute approximate surface area is 166 Å². The number of guanidine groups is 1. The van der Waals surface area contributed by atoms with Gasteiger partial charge in [0.2, 0.25) is 0 Å². The lowest BCUT2D eigenvalue weighted by Gasteiger charge is -2.29. The summed E-state index contributed by atoms with van der Waals surface area (Å²) in [6.45, 7) is 3.28. The largest absolute Gasteiger partial charge is 0.497 e. The van der Waals surface area contributed by atoms with Crippen LogP contribution in [0.4, 0.5) is 4.39 Å². The average molecular weight is 384 g/mol. The van der Waals surface area contributed by atoms with Crippen LogP contribution in [0.15, 0.2) is 53.5 Å². The van der Waals surface area contributed by atoms with Gasteiger partial charge in [-0.15, -0.1) is 0 Å². The molecule has 2 aromatic rings. The van der Waals surface area contributed by atoms with E-state index in [0.717, 1.165) is 18.8 Å². The molecule has 0 saturated carbocycles. The number of aliphatic imine (C=N–C) groups is 1. The lowest BCUT2D eigenvalue weighted by atomic mass is 10.1. The minimum Gasteiger partial charge on any atom is -0.497 e. The Morgan fingerprint density at radius 3 is 2.64 bits per heavy atom. The second-order valence-electron chi connectivity index (χ2n) is 6.93. The number of hydrogen-bond donors (Lipinski definition) is 2. The molecule has 1 aliphatic rings. The fourth-order valence-corrected chi connectivity index (χ4v) is 3.59. The van der Waals surface area contributed by atoms with Crippen molar-refractivity contribution in [3.63, 3.8) is 0 Å². The summed E-state index contributed by atoms with van der Waals surface area (Å²) in [5.41, 5.74) is 1.84. The molecule has 1 unspecified atom stereocenters. The van der Waals surface area contributed by atoms with Gasteiger partial charge >= 0.3 is 0 Å². The summed E-state index contributed by atoms with van der Waals surface area (Å²) in [5.74, 6) is 1.32. The maximum absolute atomic E-state index is 13.8. The third-order valence-electron chi connectivity index (χ3n) is 5.15. The lowest BCUT2D eigenvalue weighted by Crippen LogP contribution is -2.42. The van der Waals surface area contributed by atoms with Crippen LogP contribution in [0.2, 0.25) is 0 Å². The number of nitrogens with one attached hydrogen (secondary N) is 2. The molecule has 0 spiro atoms. The number of likely N-dealkylation sites (tertiary alicyclic amines) is 1. The van der Waals surface area contributed by atoms with Gasteiger partial charge in [-0.2, -0.15) is 0 Å². The molecular weight excluding hydrogens is 355 g/mol. The summed E-state index contributed by atoms with van der Waals surface area (Å²) in [7, 11) is 3.42. The summed E-state index contributed by atoms with van der Waals surface area (Å²) in [4.78, 5) is 6.78. The second kappa shape index (κ2) is 10.1. The SMILES string of the molecule is CN=C(NCc1ccccc1F)NCC(c1cccc(OC)c1)N1CCCC1. The number of nitrogens with zero attached hydrogens (tertiary/aromatic N) is 2. The first-order chi connectivity index (χ1) is 13.7. The van der Waals surface area contributed by atoms with Crippen LogP contribution in [0.3, 0.4) is 0 Å². The van der Waals surface area contributed by atoms with Gasteiger partial charge in [0.25, 0.3) is 0 Å². The molecule has 2 aromatic carbocycles. The standard InChI is InChI=1S/C22H29FN4O/c1-24-22(25-15-18-8-3-4-11-20(18)23)26-16-21(27-12-5-6-13-27)17-9-7-10-19(14-17)28-2/h3-4,7-11,14,21H,5-6,12-13,15-16H2,1-2H3,(H2,24,25,26). The minimum absolute atomic E-state index is 0.211. The van der Waals surface area contributed by atoms with E-state index in [2.05, 4.69) is 32.7 Å². The Hall–Kier alpha value is -2.60. The molecule has 2 N–H and O–H groups in total. The van der Waals surface area contributed by atoms with Crippen molar-refractivity contribution in [2.75, 3.05) is 33.8 Å². The van der Waals surface area contributed by atoms with Crippen molar-refractivity contribution in [2.45, 2.75) is 25.4 Å². The molecule has 1 fully saturated rings. The molecular formula is C22H29FN4O. The van der Waals surface area contributed by atoms with Crippen LogP contribution in [0.5, 0.6) is 5.75 Å². The second-order valence-corrected chi connectivity index (χ2v) is 6.93. The molecule has 0 bridgehead atoms. The van der Waals surface area contributed by atoms with Crippen molar-refractivity contribution in [3.05, 3.63) is 65.5 Å². The molecule has 0 aliphatic carbocycles. The van der Waals surface area contributed by atoms with Gasteiger partial charge in [-0.3, -0.25) is 9.89 Å². The van der Waals surface area contributed by atoms with E-state index in [0.29, 0.717) is 24.6 Å². The molecule has 28 heavy (non-hydrogen) atoms. The molecule has 6 heteroatoms. The van der Waals surface area contributed by atoms with Crippen LogP contribution in [-0.2, 0) is 6.54 Å². The van der Waals surface area contributed by atoms with E-state index in [1.165, 1.54) is 24.5 Å². The van der Waals surface area contributed by atoms with Crippen LogP contribution < -0.4 is 15.4 Å². The van der Waals surface area contributed by atoms with Crippen LogP contribution in [0.1, 0.15) is 30.0 Å². The van der Waals surface area contributed by atoms with Crippen molar-refractivity contribution < 1.29 is 9.13 Å². The van der Waals surface area contributed by atoms with E-state index < -0.39 is 0 Å². The van der Waals surface area contributed by atoms with Gasteiger partial charge in [0.15, 0.2) is 5.96 Å². The van der Waals surface area contributed by atoms with Crippen molar-refractivity contribution >= 4 is 5.96 Å². The van der Waals surface area contributed by atoms with Crippen LogP contribution in [-0.4, -0.2) is 44.7 Å². The molecule has 1 saturated heterocycles. The summed E-state index contributed by atoms with van der Waals surface area (Å²) < 4.78 is 19.2. The summed E-state index contributed by atoms with van der Waals surface area (Å²) in [6, 6.07) is 15.2. The van der Waals surface area contributed by atoms with Gasteiger partial charge in [0, 0.05) is 25.7 Å². The number of hydrogen-bond acceptors (Lipinski definition) is 3. The third kappa shape index (κ3) is 5.23. The zero-order chi connectivity index (χ0) is 19.8. The molecule has 5 nitrogen and oxygen atoms in total. The van der Waals surface area contributed by atoms with Crippen LogP contribution in [0, 0.1) is 5.82 Å². The van der Waals surface area contributed by atoms with Gasteiger partial charge < -0.3 is 15.4 Å². The Balaban J connectivity index is 1.65. The highest BCUT2D eigenvalue weighted by Crippen LogP contribution is 2.27. The van der Waals surface area contributed by atoms with E-state index in [9.17, 15) is 4.39 Å². The van der Waals surface area contributed by atoms with Gasteiger partial charge in [0.05, 0.1) is 13.2 Å². The summed E-state index contributed by atoms with van der Waals surface area (Å²) in [6.07, 6.45) is 2.45. The maximum atomic E-state index is 13.8. The van der Waals surface area contributed by atoms with Gasteiger partial charge in [-0.05, 0) is 49.7 Å². The highest BCUT2D eigenvalue weighted by Gasteiger charge is 2.24. The molecule has 150 valence electrons. The quantitative estimate of drug-likeness (QED) is 0.568. The monoisotopic (exact) mass is 384 g/mol. The van der Waals surface area contributed by atoms with Gasteiger partial charge in [0.1, 0.15) is 11.6 Å². The fraction of sp³-hybridized carbons (Fsp3) is 0.409. The number of rotatable bonds is 7. The Kier molecular flexibility index (Phi) is 7.25. The molecule has 3 rings (SSSR count). The predicted octanol–water partition coefficient (Wildman–Crippen LogP) is 3.34. The summed E-state index contributed by atoms with van der Waals surface area (Å²) >= 11 is 0. The zero-order valence-electron chi connectivity index (χ0n) is 16.6. The number of ether oxygens (including phenoxy) is 1. The van der Waals surface area contributed by atoms with E-state index in [-0.39, 0.29) is 11.9 Å². The fourth-order valence-electron chi connectivity index (χ4n) is 3.59. The number of methoxy groups -OCH3 is 1. The highest BCUT2D eigenvalue weighted by atomic mass is 19.1. The van der Waals surface area contributed by atoms with Crippen LogP contribution in [0.25, 0.3) is 0 Å². The molecule has 0 amide bonds. The number of halogens is 1. The van der Waals surface area contributed by atoms with Gasteiger partial charge in [-0.25, -0.2) is 4.39 Å². The Morgan fingerprint density at radius 2 is 1.93 bits per heavy atom. The van der Waals surface area contributed by atoms with Crippen molar-refractivity contribution in [2.24, 2.45) is 4.99 Å². The highest BCUT2D eigenvalue weighted by molar-refractivity contribution is 5.79. The Bertz CT molecular complexity index is 790. The predicted molar refractivity (Wildman–Crippen MR) is 111 cm³/mol. The maximum Gasteiger partial charge on any atom is 0.191 e. The van der Waals surface area contributed by atoms with E-state index in [1.807, 2.05) is 18.2 Å². The molecule has 1 atom stereocenters. The Morgan fingerprint density at radius 1 is 1.14 bits per heavy atom.